The first-order valence-electron chi connectivity index (χ1n) is 3.01. The number of esters is 1. The van der Waals surface area contributed by atoms with Gasteiger partial charge in [0.15, 0.2) is 0 Å². The molecular weight excluding hydrogens is 132 g/mol. The average molecular weight is 142 g/mol. The Kier molecular flexibility index (Phi) is 4.20. The molecule has 0 saturated heterocycles. The van der Waals surface area contributed by atoms with Crippen molar-refractivity contribution in [2.75, 3.05) is 6.61 Å². The van der Waals surface area contributed by atoms with Crippen molar-refractivity contribution in [3.05, 3.63) is 11.6 Å². The SMILES string of the molecule is CCOC(=O)/C=C(/C)C=O. The number of aldehydes is 1. The van der Waals surface area contributed by atoms with E-state index in [-0.39, 0.29) is 0 Å². The van der Waals surface area contributed by atoms with Crippen LogP contribution in [0, 0.1) is 0 Å². The van der Waals surface area contributed by atoms with E-state index in [2.05, 4.69) is 4.74 Å². The van der Waals surface area contributed by atoms with Crippen LogP contribution in [-0.2, 0) is 14.3 Å². The second-order valence-corrected chi connectivity index (χ2v) is 1.76. The molecule has 0 radical (unpaired) electrons. The van der Waals surface area contributed by atoms with E-state index in [0.29, 0.717) is 18.5 Å². The molecular formula is C7H10O3. The zero-order valence-corrected chi connectivity index (χ0v) is 6.09. The van der Waals surface area contributed by atoms with Gasteiger partial charge >= 0.3 is 5.97 Å². The van der Waals surface area contributed by atoms with Gasteiger partial charge in [-0.1, -0.05) is 0 Å². The Morgan fingerprint density at radius 3 is 2.60 bits per heavy atom. The Morgan fingerprint density at radius 2 is 2.20 bits per heavy atom. The maximum Gasteiger partial charge on any atom is 0.331 e. The van der Waals surface area contributed by atoms with Gasteiger partial charge in [0.1, 0.15) is 6.29 Å². The minimum Gasteiger partial charge on any atom is -0.463 e. The summed E-state index contributed by atoms with van der Waals surface area (Å²) in [5, 5.41) is 0. The third-order valence-electron chi connectivity index (χ3n) is 0.818. The standard InChI is InChI=1S/C7H10O3/c1-3-10-7(9)4-6(2)5-8/h4-5H,3H2,1-2H3/b6-4-. The fraction of sp³-hybridized carbons (Fsp3) is 0.429. The molecule has 0 heterocycles. The molecule has 0 aliphatic carbocycles. The summed E-state index contributed by atoms with van der Waals surface area (Å²) in [6.07, 6.45) is 1.77. The molecule has 0 rings (SSSR count). The van der Waals surface area contributed by atoms with Gasteiger partial charge in [0, 0.05) is 6.08 Å². The van der Waals surface area contributed by atoms with Gasteiger partial charge in [-0.3, -0.25) is 4.79 Å². The highest BCUT2D eigenvalue weighted by atomic mass is 16.5. The van der Waals surface area contributed by atoms with Crippen LogP contribution < -0.4 is 0 Å². The largest absolute Gasteiger partial charge is 0.463 e. The van der Waals surface area contributed by atoms with E-state index >= 15 is 0 Å². The van der Waals surface area contributed by atoms with Gasteiger partial charge in [-0.25, -0.2) is 4.79 Å². The topological polar surface area (TPSA) is 43.4 Å². The van der Waals surface area contributed by atoms with E-state index in [9.17, 15) is 9.59 Å². The van der Waals surface area contributed by atoms with Crippen LogP contribution in [0.1, 0.15) is 13.8 Å². The van der Waals surface area contributed by atoms with Crippen molar-refractivity contribution in [3.63, 3.8) is 0 Å². The van der Waals surface area contributed by atoms with Crippen molar-refractivity contribution < 1.29 is 14.3 Å². The first-order valence-corrected chi connectivity index (χ1v) is 3.01. The molecule has 0 bridgehead atoms. The predicted octanol–water partition coefficient (Wildman–Crippen LogP) is 0.695. The fourth-order valence-corrected chi connectivity index (χ4v) is 0.404. The van der Waals surface area contributed by atoms with E-state index in [1.807, 2.05) is 0 Å². The van der Waals surface area contributed by atoms with Crippen LogP contribution in [0.25, 0.3) is 0 Å². The molecule has 0 unspecified atom stereocenters. The minimum absolute atomic E-state index is 0.335. The van der Waals surface area contributed by atoms with E-state index in [1.54, 1.807) is 13.8 Å². The lowest BCUT2D eigenvalue weighted by atomic mass is 10.3. The monoisotopic (exact) mass is 142 g/mol. The Bertz CT molecular complexity index is 158. The summed E-state index contributed by atoms with van der Waals surface area (Å²) in [7, 11) is 0. The highest BCUT2D eigenvalue weighted by Crippen LogP contribution is 1.88. The van der Waals surface area contributed by atoms with Crippen LogP contribution in [-0.4, -0.2) is 18.9 Å². The summed E-state index contributed by atoms with van der Waals surface area (Å²) in [4.78, 5) is 20.5. The summed E-state index contributed by atoms with van der Waals surface area (Å²) in [5.74, 6) is -0.466. The van der Waals surface area contributed by atoms with Crippen LogP contribution in [0.3, 0.4) is 0 Å². The number of hydrogen-bond donors (Lipinski definition) is 0. The van der Waals surface area contributed by atoms with Crippen LogP contribution >= 0.6 is 0 Å². The van der Waals surface area contributed by atoms with Crippen LogP contribution in [0.2, 0.25) is 0 Å². The molecule has 0 aliphatic heterocycles. The quantitative estimate of drug-likeness (QED) is 0.331. The summed E-state index contributed by atoms with van der Waals surface area (Å²) < 4.78 is 4.54. The molecule has 10 heavy (non-hydrogen) atoms. The van der Waals surface area contributed by atoms with Crippen LogP contribution in [0.5, 0.6) is 0 Å². The zero-order valence-electron chi connectivity index (χ0n) is 6.09. The molecule has 0 aliphatic rings. The van der Waals surface area contributed by atoms with Gasteiger partial charge in [-0.2, -0.15) is 0 Å². The number of carbonyl (C=O) groups is 2. The summed E-state index contributed by atoms with van der Waals surface area (Å²) in [6.45, 7) is 3.59. The maximum absolute atomic E-state index is 10.6. The van der Waals surface area contributed by atoms with Gasteiger partial charge in [-0.05, 0) is 19.4 Å². The van der Waals surface area contributed by atoms with Crippen LogP contribution in [0.15, 0.2) is 11.6 Å². The molecule has 0 aromatic carbocycles. The first-order chi connectivity index (χ1) is 4.70. The Balaban J connectivity index is 3.86. The lowest BCUT2D eigenvalue weighted by Gasteiger charge is -1.93. The highest BCUT2D eigenvalue weighted by Gasteiger charge is 1.94. The molecule has 0 N–H and O–H groups in total. The van der Waals surface area contributed by atoms with Crippen LogP contribution in [0.4, 0.5) is 0 Å². The van der Waals surface area contributed by atoms with Gasteiger partial charge < -0.3 is 4.74 Å². The second-order valence-electron chi connectivity index (χ2n) is 1.76. The van der Waals surface area contributed by atoms with Crippen molar-refractivity contribution in [1.29, 1.82) is 0 Å². The zero-order chi connectivity index (χ0) is 7.98. The molecule has 3 heteroatoms. The molecule has 3 nitrogen and oxygen atoms in total. The Hall–Kier alpha value is -1.12. The predicted molar refractivity (Wildman–Crippen MR) is 36.5 cm³/mol. The smallest absolute Gasteiger partial charge is 0.331 e. The van der Waals surface area contributed by atoms with Crippen molar-refractivity contribution in [1.82, 2.24) is 0 Å². The van der Waals surface area contributed by atoms with Crippen molar-refractivity contribution in [2.45, 2.75) is 13.8 Å². The molecule has 0 fully saturated rings. The van der Waals surface area contributed by atoms with E-state index < -0.39 is 5.97 Å². The summed E-state index contributed by atoms with van der Waals surface area (Å²) in [5.41, 5.74) is 0.374. The number of rotatable bonds is 3. The Labute approximate surface area is 59.7 Å². The lowest BCUT2D eigenvalue weighted by Crippen LogP contribution is -2.00. The summed E-state index contributed by atoms with van der Waals surface area (Å²) in [6, 6.07) is 0. The molecule has 0 atom stereocenters. The van der Waals surface area contributed by atoms with Gasteiger partial charge in [0.2, 0.25) is 0 Å². The van der Waals surface area contributed by atoms with Crippen molar-refractivity contribution in [2.24, 2.45) is 0 Å². The molecule has 0 saturated carbocycles. The number of hydrogen-bond acceptors (Lipinski definition) is 3. The molecule has 0 amide bonds. The molecule has 56 valence electrons. The third kappa shape index (κ3) is 3.83. The van der Waals surface area contributed by atoms with Gasteiger partial charge in [0.05, 0.1) is 6.61 Å². The van der Waals surface area contributed by atoms with Crippen molar-refractivity contribution >= 4 is 12.3 Å². The van der Waals surface area contributed by atoms with E-state index in [0.717, 1.165) is 6.08 Å². The fourth-order valence-electron chi connectivity index (χ4n) is 0.404. The number of carbonyl (C=O) groups excluding carboxylic acids is 2. The van der Waals surface area contributed by atoms with Gasteiger partial charge in [-0.15, -0.1) is 0 Å². The average Bonchev–Trinajstić information content (AvgIpc) is 1.88. The van der Waals surface area contributed by atoms with E-state index in [1.165, 1.54) is 0 Å². The third-order valence-corrected chi connectivity index (χ3v) is 0.818. The molecule has 0 aromatic rings. The van der Waals surface area contributed by atoms with Gasteiger partial charge in [0.25, 0.3) is 0 Å². The normalized spacial score (nSPS) is 10.8. The maximum atomic E-state index is 10.6. The minimum atomic E-state index is -0.466. The first kappa shape index (κ1) is 8.88. The highest BCUT2D eigenvalue weighted by molar-refractivity contribution is 5.89. The Morgan fingerprint density at radius 1 is 1.60 bits per heavy atom. The summed E-state index contributed by atoms with van der Waals surface area (Å²) >= 11 is 0. The second kappa shape index (κ2) is 4.73. The lowest BCUT2D eigenvalue weighted by molar-refractivity contribution is -0.137. The molecule has 0 aromatic heterocycles. The van der Waals surface area contributed by atoms with E-state index in [4.69, 9.17) is 0 Å². The van der Waals surface area contributed by atoms with Crippen molar-refractivity contribution in [3.8, 4) is 0 Å². The number of ether oxygens (including phenoxy) is 1. The number of allylic oxidation sites excluding steroid dienone is 1. The molecule has 0 spiro atoms.